The van der Waals surface area contributed by atoms with Crippen LogP contribution in [0.25, 0.3) is 11.0 Å². The second-order valence-corrected chi connectivity index (χ2v) is 7.71. The van der Waals surface area contributed by atoms with Crippen molar-refractivity contribution < 1.29 is 4.42 Å². The third kappa shape index (κ3) is 3.61. The lowest BCUT2D eigenvalue weighted by molar-refractivity contribution is 0.464. The number of hydrogen-bond donors (Lipinski definition) is 1. The van der Waals surface area contributed by atoms with Crippen LogP contribution in [0.15, 0.2) is 16.5 Å². The lowest BCUT2D eigenvalue weighted by Crippen LogP contribution is -2.21. The zero-order valence-corrected chi connectivity index (χ0v) is 14.7. The molecule has 2 nitrogen and oxygen atoms in total. The standard InChI is InChI=1S/C18H26ClNO/c1-11(2)9-20-10-15-16(18(4,5)6)14-8-13(19)7-12(3)17(14)21-15/h7-8,11,20H,9-10H2,1-6H3. The van der Waals surface area contributed by atoms with E-state index in [0.29, 0.717) is 5.92 Å². The number of benzene rings is 1. The first-order chi connectivity index (χ1) is 9.70. The number of hydrogen-bond acceptors (Lipinski definition) is 2. The Morgan fingerprint density at radius 2 is 1.90 bits per heavy atom. The van der Waals surface area contributed by atoms with Crippen molar-refractivity contribution >= 4 is 22.6 Å². The summed E-state index contributed by atoms with van der Waals surface area (Å²) in [5.74, 6) is 1.66. The summed E-state index contributed by atoms with van der Waals surface area (Å²) in [4.78, 5) is 0. The van der Waals surface area contributed by atoms with Crippen LogP contribution in [0.5, 0.6) is 0 Å². The zero-order chi connectivity index (χ0) is 15.8. The molecule has 21 heavy (non-hydrogen) atoms. The Hall–Kier alpha value is -0.990. The maximum Gasteiger partial charge on any atom is 0.137 e. The molecule has 1 aromatic carbocycles. The first kappa shape index (κ1) is 16.4. The Bertz CT molecular complexity index is 635. The van der Waals surface area contributed by atoms with Gasteiger partial charge in [0.25, 0.3) is 0 Å². The van der Waals surface area contributed by atoms with Gasteiger partial charge in [-0.3, -0.25) is 0 Å². The van der Waals surface area contributed by atoms with Crippen molar-refractivity contribution in [2.24, 2.45) is 5.92 Å². The minimum Gasteiger partial charge on any atom is -0.459 e. The quantitative estimate of drug-likeness (QED) is 0.814. The monoisotopic (exact) mass is 307 g/mol. The van der Waals surface area contributed by atoms with Crippen LogP contribution in [-0.4, -0.2) is 6.54 Å². The Morgan fingerprint density at radius 3 is 2.48 bits per heavy atom. The van der Waals surface area contributed by atoms with Gasteiger partial charge in [0.15, 0.2) is 0 Å². The van der Waals surface area contributed by atoms with Gasteiger partial charge >= 0.3 is 0 Å². The molecule has 2 aromatic rings. The molecule has 1 aromatic heterocycles. The average Bonchev–Trinajstić information content (AvgIpc) is 2.66. The van der Waals surface area contributed by atoms with E-state index < -0.39 is 0 Å². The van der Waals surface area contributed by atoms with Crippen LogP contribution >= 0.6 is 11.6 Å². The fraction of sp³-hybridized carbons (Fsp3) is 0.556. The van der Waals surface area contributed by atoms with Crippen molar-refractivity contribution in [3.8, 4) is 0 Å². The van der Waals surface area contributed by atoms with Gasteiger partial charge in [0, 0.05) is 16.0 Å². The SMILES string of the molecule is Cc1cc(Cl)cc2c(C(C)(C)C)c(CNCC(C)C)oc12. The van der Waals surface area contributed by atoms with Crippen molar-refractivity contribution in [3.05, 3.63) is 34.0 Å². The fourth-order valence-corrected chi connectivity index (χ4v) is 3.07. The lowest BCUT2D eigenvalue weighted by Gasteiger charge is -2.19. The van der Waals surface area contributed by atoms with E-state index in [-0.39, 0.29) is 5.41 Å². The van der Waals surface area contributed by atoms with E-state index in [1.165, 1.54) is 5.56 Å². The molecule has 1 N–H and O–H groups in total. The fourth-order valence-electron chi connectivity index (χ4n) is 2.80. The van der Waals surface area contributed by atoms with Crippen LogP contribution in [0, 0.1) is 12.8 Å². The molecule has 0 aliphatic carbocycles. The molecule has 1 heterocycles. The van der Waals surface area contributed by atoms with E-state index >= 15 is 0 Å². The highest BCUT2D eigenvalue weighted by atomic mass is 35.5. The molecule has 0 saturated heterocycles. The lowest BCUT2D eigenvalue weighted by atomic mass is 9.84. The summed E-state index contributed by atoms with van der Waals surface area (Å²) in [5, 5.41) is 5.40. The third-order valence-electron chi connectivity index (χ3n) is 3.60. The number of halogens is 1. The van der Waals surface area contributed by atoms with Gasteiger partial charge in [-0.2, -0.15) is 0 Å². The molecule has 0 radical (unpaired) electrons. The van der Waals surface area contributed by atoms with Crippen molar-refractivity contribution in [2.45, 2.75) is 53.5 Å². The van der Waals surface area contributed by atoms with E-state index in [1.807, 2.05) is 12.1 Å². The van der Waals surface area contributed by atoms with E-state index in [9.17, 15) is 0 Å². The Kier molecular flexibility index (Phi) is 4.69. The molecule has 116 valence electrons. The van der Waals surface area contributed by atoms with Crippen molar-refractivity contribution in [2.75, 3.05) is 6.54 Å². The molecule has 0 amide bonds. The van der Waals surface area contributed by atoms with E-state index in [1.54, 1.807) is 0 Å². The second-order valence-electron chi connectivity index (χ2n) is 7.27. The van der Waals surface area contributed by atoms with Crippen molar-refractivity contribution in [3.63, 3.8) is 0 Å². The van der Waals surface area contributed by atoms with Gasteiger partial charge in [0.1, 0.15) is 11.3 Å². The van der Waals surface area contributed by atoms with Gasteiger partial charge < -0.3 is 9.73 Å². The zero-order valence-electron chi connectivity index (χ0n) is 13.9. The number of rotatable bonds is 4. The maximum absolute atomic E-state index is 6.24. The van der Waals surface area contributed by atoms with Crippen LogP contribution in [0.1, 0.15) is 51.5 Å². The number of fused-ring (bicyclic) bond motifs is 1. The predicted octanol–water partition coefficient (Wildman–Crippen LogP) is 5.44. The smallest absolute Gasteiger partial charge is 0.137 e. The van der Waals surface area contributed by atoms with E-state index in [4.69, 9.17) is 16.0 Å². The molecule has 0 bridgehead atoms. The molecule has 0 fully saturated rings. The summed E-state index contributed by atoms with van der Waals surface area (Å²) in [6, 6.07) is 3.99. The number of furan rings is 1. The maximum atomic E-state index is 6.24. The Labute approximate surface area is 132 Å². The van der Waals surface area contributed by atoms with Crippen molar-refractivity contribution in [1.82, 2.24) is 5.32 Å². The molecular formula is C18H26ClNO. The van der Waals surface area contributed by atoms with Crippen LogP contribution in [-0.2, 0) is 12.0 Å². The van der Waals surface area contributed by atoms with Gasteiger partial charge in [-0.1, -0.05) is 46.2 Å². The van der Waals surface area contributed by atoms with Crippen molar-refractivity contribution in [1.29, 1.82) is 0 Å². The largest absolute Gasteiger partial charge is 0.459 e. The average molecular weight is 308 g/mol. The molecule has 0 unspecified atom stereocenters. The number of aryl methyl sites for hydroxylation is 1. The van der Waals surface area contributed by atoms with E-state index in [0.717, 1.165) is 40.4 Å². The summed E-state index contributed by atoms with van der Waals surface area (Å²) in [5.41, 5.74) is 3.35. The van der Waals surface area contributed by atoms with Gasteiger partial charge in [-0.05, 0) is 42.5 Å². The van der Waals surface area contributed by atoms with Gasteiger partial charge in [0.05, 0.1) is 6.54 Å². The van der Waals surface area contributed by atoms with Gasteiger partial charge in [0.2, 0.25) is 0 Å². The summed E-state index contributed by atoms with van der Waals surface area (Å²) in [7, 11) is 0. The summed E-state index contributed by atoms with van der Waals surface area (Å²) >= 11 is 6.24. The molecule has 0 saturated carbocycles. The highest BCUT2D eigenvalue weighted by Gasteiger charge is 2.26. The molecule has 0 aliphatic rings. The summed E-state index contributed by atoms with van der Waals surface area (Å²) in [6.45, 7) is 14.9. The molecule has 0 aliphatic heterocycles. The van der Waals surface area contributed by atoms with Crippen LogP contribution in [0.4, 0.5) is 0 Å². The Morgan fingerprint density at radius 1 is 1.24 bits per heavy atom. The molecule has 2 rings (SSSR count). The minimum absolute atomic E-state index is 0.0250. The number of nitrogens with one attached hydrogen (secondary N) is 1. The van der Waals surface area contributed by atoms with Crippen LogP contribution in [0.2, 0.25) is 5.02 Å². The normalized spacial score (nSPS) is 12.6. The highest BCUT2D eigenvalue weighted by Crippen LogP contribution is 2.38. The molecule has 0 atom stereocenters. The van der Waals surface area contributed by atoms with Gasteiger partial charge in [-0.25, -0.2) is 0 Å². The van der Waals surface area contributed by atoms with Crippen LogP contribution < -0.4 is 5.32 Å². The summed E-state index contributed by atoms with van der Waals surface area (Å²) < 4.78 is 6.17. The van der Waals surface area contributed by atoms with Crippen LogP contribution in [0.3, 0.4) is 0 Å². The molecular weight excluding hydrogens is 282 g/mol. The second kappa shape index (κ2) is 6.02. The molecule has 3 heteroatoms. The molecule has 0 spiro atoms. The third-order valence-corrected chi connectivity index (χ3v) is 3.82. The highest BCUT2D eigenvalue weighted by molar-refractivity contribution is 6.31. The van der Waals surface area contributed by atoms with E-state index in [2.05, 4.69) is 46.9 Å². The summed E-state index contributed by atoms with van der Waals surface area (Å²) in [6.07, 6.45) is 0. The minimum atomic E-state index is 0.0250. The topological polar surface area (TPSA) is 25.2 Å². The first-order valence-electron chi connectivity index (χ1n) is 7.63. The predicted molar refractivity (Wildman–Crippen MR) is 91.2 cm³/mol. The van der Waals surface area contributed by atoms with Gasteiger partial charge in [-0.15, -0.1) is 0 Å². The first-order valence-corrected chi connectivity index (χ1v) is 8.00. The Balaban J connectivity index is 2.51.